The zero-order chi connectivity index (χ0) is 17.9. The molecule has 2 unspecified atom stereocenters. The molecule has 0 spiro atoms. The van der Waals surface area contributed by atoms with Crippen molar-refractivity contribution in [2.75, 3.05) is 13.2 Å². The summed E-state index contributed by atoms with van der Waals surface area (Å²) in [5, 5.41) is 37.2. The van der Waals surface area contributed by atoms with Gasteiger partial charge < -0.3 is 32.1 Å². The zero-order valence-corrected chi connectivity index (χ0v) is 13.3. The summed E-state index contributed by atoms with van der Waals surface area (Å²) >= 11 is 0. The third-order valence-corrected chi connectivity index (χ3v) is 3.87. The van der Waals surface area contributed by atoms with Gasteiger partial charge in [0.05, 0.1) is 0 Å². The first-order chi connectivity index (χ1) is 10.7. The first kappa shape index (κ1) is 21.1. The zero-order valence-electron chi connectivity index (χ0n) is 13.3. The molecular formula is C14H28N4O5. The highest BCUT2D eigenvalue weighted by Crippen LogP contribution is 2.26. The number of aliphatic hydroxyl groups excluding tert-OH is 1. The quantitative estimate of drug-likeness (QED) is 0.136. The fourth-order valence-corrected chi connectivity index (χ4v) is 2.43. The van der Waals surface area contributed by atoms with Crippen molar-refractivity contribution in [3.05, 3.63) is 0 Å². The molecule has 0 saturated heterocycles. The van der Waals surface area contributed by atoms with Gasteiger partial charge in [-0.25, -0.2) is 0 Å². The highest BCUT2D eigenvalue weighted by atomic mass is 16.4. The van der Waals surface area contributed by atoms with Crippen molar-refractivity contribution >= 4 is 17.9 Å². The summed E-state index contributed by atoms with van der Waals surface area (Å²) in [7, 11) is 0. The van der Waals surface area contributed by atoms with Gasteiger partial charge >= 0.3 is 11.9 Å². The molecule has 0 amide bonds. The van der Waals surface area contributed by atoms with E-state index in [1.54, 1.807) is 0 Å². The Kier molecular flexibility index (Phi) is 9.91. The van der Waals surface area contributed by atoms with Crippen molar-refractivity contribution in [3.8, 4) is 0 Å². The van der Waals surface area contributed by atoms with Crippen LogP contribution in [0.2, 0.25) is 0 Å². The van der Waals surface area contributed by atoms with Gasteiger partial charge in [-0.2, -0.15) is 0 Å². The monoisotopic (exact) mass is 332 g/mol. The highest BCUT2D eigenvalue weighted by molar-refractivity contribution is 5.79. The largest absolute Gasteiger partial charge is 0.481 e. The van der Waals surface area contributed by atoms with Crippen molar-refractivity contribution < 1.29 is 24.9 Å². The minimum Gasteiger partial charge on any atom is -0.481 e. The van der Waals surface area contributed by atoms with E-state index in [-0.39, 0.29) is 25.4 Å². The number of carboxylic acids is 2. The fourth-order valence-electron chi connectivity index (χ4n) is 2.43. The Morgan fingerprint density at radius 1 is 1.17 bits per heavy atom. The summed E-state index contributed by atoms with van der Waals surface area (Å²) in [6.07, 6.45) is 2.54. The van der Waals surface area contributed by atoms with Gasteiger partial charge in [0.15, 0.2) is 5.96 Å². The predicted molar refractivity (Wildman–Crippen MR) is 85.0 cm³/mol. The van der Waals surface area contributed by atoms with Crippen molar-refractivity contribution in [3.63, 3.8) is 0 Å². The average Bonchev–Trinajstić information content (AvgIpc) is 2.46. The van der Waals surface area contributed by atoms with Gasteiger partial charge in [-0.1, -0.05) is 12.8 Å². The molecule has 0 aliphatic carbocycles. The molecule has 0 aromatic carbocycles. The number of nitrogens with two attached hydrogens (primary N) is 2. The van der Waals surface area contributed by atoms with Crippen LogP contribution in [-0.2, 0) is 9.59 Å². The molecule has 0 aliphatic heterocycles. The summed E-state index contributed by atoms with van der Waals surface area (Å²) in [6, 6.07) is 0. The molecule has 0 aromatic rings. The molecule has 134 valence electrons. The minimum absolute atomic E-state index is 0.0315. The number of carbonyl (C=O) groups is 2. The first-order valence-corrected chi connectivity index (χ1v) is 7.66. The van der Waals surface area contributed by atoms with Crippen LogP contribution in [0.4, 0.5) is 0 Å². The molecule has 0 aliphatic rings. The number of aliphatic hydroxyl groups is 1. The maximum Gasteiger partial charge on any atom is 0.324 e. The molecule has 9 heteroatoms. The Labute approximate surface area is 135 Å². The predicted octanol–water partition coefficient (Wildman–Crippen LogP) is -0.325. The number of guanidine groups is 1. The number of hydrogen-bond acceptors (Lipinski definition) is 5. The molecular weight excluding hydrogens is 304 g/mol. The molecule has 0 fully saturated rings. The lowest BCUT2D eigenvalue weighted by Crippen LogP contribution is -2.55. The molecule has 0 aromatic heterocycles. The molecule has 9 N–H and O–H groups in total. The fraction of sp³-hybridized carbons (Fsp3) is 0.786. The lowest BCUT2D eigenvalue weighted by Gasteiger charge is -2.33. The summed E-state index contributed by atoms with van der Waals surface area (Å²) in [5.74, 6) is -2.85. The van der Waals surface area contributed by atoms with Crippen LogP contribution in [0.15, 0.2) is 0 Å². The Balaban J connectivity index is 4.45. The van der Waals surface area contributed by atoms with E-state index in [1.807, 2.05) is 0 Å². The summed E-state index contributed by atoms with van der Waals surface area (Å²) in [5.41, 5.74) is 9.58. The summed E-state index contributed by atoms with van der Waals surface area (Å²) in [4.78, 5) is 22.0. The van der Waals surface area contributed by atoms with Crippen LogP contribution in [0, 0.1) is 11.3 Å². The highest BCUT2D eigenvalue weighted by Gasteiger charge is 2.41. The van der Waals surface area contributed by atoms with Gasteiger partial charge in [-0.05, 0) is 25.7 Å². The lowest BCUT2D eigenvalue weighted by molar-refractivity contribution is -0.147. The van der Waals surface area contributed by atoms with Crippen LogP contribution in [0.5, 0.6) is 0 Å². The maximum atomic E-state index is 11.5. The minimum atomic E-state index is -1.57. The van der Waals surface area contributed by atoms with Crippen molar-refractivity contribution in [1.82, 2.24) is 5.32 Å². The van der Waals surface area contributed by atoms with Crippen LogP contribution in [0.3, 0.4) is 0 Å². The van der Waals surface area contributed by atoms with Crippen LogP contribution >= 0.6 is 0 Å². The van der Waals surface area contributed by atoms with Crippen LogP contribution < -0.4 is 16.8 Å². The third-order valence-electron chi connectivity index (χ3n) is 3.87. The number of carboxylic acid groups (broad SMARTS) is 2. The van der Waals surface area contributed by atoms with E-state index in [4.69, 9.17) is 22.0 Å². The molecule has 0 saturated carbocycles. The van der Waals surface area contributed by atoms with Crippen LogP contribution in [0.1, 0.15) is 44.9 Å². The van der Waals surface area contributed by atoms with Gasteiger partial charge in [0.25, 0.3) is 0 Å². The Morgan fingerprint density at radius 2 is 1.83 bits per heavy atom. The van der Waals surface area contributed by atoms with E-state index in [9.17, 15) is 19.8 Å². The van der Waals surface area contributed by atoms with Gasteiger partial charge in [-0.3, -0.25) is 15.0 Å². The van der Waals surface area contributed by atoms with Crippen molar-refractivity contribution in [2.45, 2.75) is 50.5 Å². The van der Waals surface area contributed by atoms with E-state index in [2.05, 4.69) is 5.32 Å². The molecule has 0 bridgehead atoms. The Morgan fingerprint density at radius 3 is 2.30 bits per heavy atom. The van der Waals surface area contributed by atoms with Gasteiger partial charge in [-0.15, -0.1) is 0 Å². The molecule has 0 heterocycles. The SMILES string of the molecule is N=C(N)NCCCCC(CO)C(N)(CCCCC(=O)O)C(=O)O. The third kappa shape index (κ3) is 8.36. The number of nitrogens with one attached hydrogen (secondary N) is 2. The first-order valence-electron chi connectivity index (χ1n) is 7.66. The van der Waals surface area contributed by atoms with Gasteiger partial charge in [0.2, 0.25) is 0 Å². The summed E-state index contributed by atoms with van der Waals surface area (Å²) < 4.78 is 0. The number of unbranched alkanes of at least 4 members (excludes halogenated alkanes) is 2. The summed E-state index contributed by atoms with van der Waals surface area (Å²) in [6.45, 7) is 0.151. The Hall–Kier alpha value is -1.87. The van der Waals surface area contributed by atoms with E-state index >= 15 is 0 Å². The topological polar surface area (TPSA) is 183 Å². The van der Waals surface area contributed by atoms with E-state index in [0.29, 0.717) is 38.6 Å². The van der Waals surface area contributed by atoms with Crippen molar-refractivity contribution in [1.29, 1.82) is 5.41 Å². The van der Waals surface area contributed by atoms with E-state index in [1.165, 1.54) is 0 Å². The average molecular weight is 332 g/mol. The number of hydrogen-bond donors (Lipinski definition) is 7. The molecule has 0 rings (SSSR count). The molecule has 9 nitrogen and oxygen atoms in total. The number of aliphatic carboxylic acids is 2. The van der Waals surface area contributed by atoms with Crippen molar-refractivity contribution in [2.24, 2.45) is 17.4 Å². The Bertz CT molecular complexity index is 405. The van der Waals surface area contributed by atoms with Crippen LogP contribution in [0.25, 0.3) is 0 Å². The number of rotatable bonds is 13. The van der Waals surface area contributed by atoms with Gasteiger partial charge in [0.1, 0.15) is 5.54 Å². The second-order valence-electron chi connectivity index (χ2n) is 5.66. The van der Waals surface area contributed by atoms with Crippen LogP contribution in [-0.4, -0.2) is 51.9 Å². The second kappa shape index (κ2) is 10.8. The second-order valence-corrected chi connectivity index (χ2v) is 5.66. The van der Waals surface area contributed by atoms with Gasteiger partial charge in [0, 0.05) is 25.5 Å². The normalized spacial score (nSPS) is 14.7. The molecule has 0 radical (unpaired) electrons. The molecule has 2 atom stereocenters. The standard InChI is InChI=1S/C14H28N4O5/c15-13(16)18-8-4-2-5-10(9-19)14(17,12(22)23)7-3-1-6-11(20)21/h10,19H,1-9,17H2,(H,20,21)(H,22,23)(H4,15,16,18). The lowest BCUT2D eigenvalue weighted by atomic mass is 9.78. The maximum absolute atomic E-state index is 11.5. The molecule has 23 heavy (non-hydrogen) atoms. The smallest absolute Gasteiger partial charge is 0.324 e. The van der Waals surface area contributed by atoms with E-state index < -0.39 is 23.4 Å². The van der Waals surface area contributed by atoms with E-state index in [0.717, 1.165) is 0 Å².